The maximum absolute atomic E-state index is 2.02. The zero-order chi connectivity index (χ0) is 6.36. The zero-order valence-corrected chi connectivity index (χ0v) is 7.92. The van der Waals surface area contributed by atoms with Crippen molar-refractivity contribution < 1.29 is 0 Å². The van der Waals surface area contributed by atoms with E-state index in [1.807, 2.05) is 31.4 Å². The van der Waals surface area contributed by atoms with Gasteiger partial charge in [0, 0.05) is 11.5 Å². The summed E-state index contributed by atoms with van der Waals surface area (Å²) in [4.78, 5) is 0. The van der Waals surface area contributed by atoms with Crippen LogP contribution in [-0.4, -0.2) is 11.5 Å². The Kier molecular flexibility index (Phi) is 5.26. The highest BCUT2D eigenvalue weighted by Crippen LogP contribution is 2.36. The molecule has 1 rings (SSSR count). The Morgan fingerprint density at radius 2 is 1.22 bits per heavy atom. The van der Waals surface area contributed by atoms with Gasteiger partial charge in [-0.3, -0.25) is 0 Å². The van der Waals surface area contributed by atoms with Crippen molar-refractivity contribution in [3.63, 3.8) is 0 Å². The van der Waals surface area contributed by atoms with Crippen molar-refractivity contribution in [1.82, 2.24) is 0 Å². The van der Waals surface area contributed by atoms with Gasteiger partial charge < -0.3 is 0 Å². The Morgan fingerprint density at radius 3 is 1.78 bits per heavy atom. The van der Waals surface area contributed by atoms with Crippen LogP contribution in [0, 0.1) is 0 Å². The van der Waals surface area contributed by atoms with E-state index in [0.29, 0.717) is 0 Å². The lowest BCUT2D eigenvalue weighted by Crippen LogP contribution is -1.78. The molecule has 0 amide bonds. The monoisotopic (exact) mass is 180 g/mol. The molecule has 1 aliphatic rings. The van der Waals surface area contributed by atoms with Crippen molar-refractivity contribution in [3.8, 4) is 0 Å². The molecule has 0 aromatic carbocycles. The van der Waals surface area contributed by atoms with Crippen molar-refractivity contribution in [2.24, 2.45) is 0 Å². The molecule has 0 saturated carbocycles. The van der Waals surface area contributed by atoms with Gasteiger partial charge in [-0.15, -0.1) is 0 Å². The van der Waals surface area contributed by atoms with Crippen molar-refractivity contribution in [2.45, 2.75) is 25.7 Å². The second kappa shape index (κ2) is 5.81. The average Bonchev–Trinajstić information content (AvgIpc) is 2.00. The SMILES string of the molecule is C1CCCSSSCC1. The van der Waals surface area contributed by atoms with Crippen LogP contribution in [0.3, 0.4) is 0 Å². The lowest BCUT2D eigenvalue weighted by atomic mass is 10.2. The predicted octanol–water partition coefficient (Wildman–Crippen LogP) is 3.59. The second-order valence-electron chi connectivity index (χ2n) is 2.13. The first-order valence-corrected chi connectivity index (χ1v) is 7.23. The molecule has 0 aromatic rings. The van der Waals surface area contributed by atoms with Gasteiger partial charge in [0.1, 0.15) is 0 Å². The topological polar surface area (TPSA) is 0 Å². The Labute approximate surface area is 68.7 Å². The minimum absolute atomic E-state index is 1.36. The summed E-state index contributed by atoms with van der Waals surface area (Å²) >= 11 is 0. The molecule has 1 heterocycles. The van der Waals surface area contributed by atoms with Crippen LogP contribution in [0.2, 0.25) is 0 Å². The Balaban J connectivity index is 2.02. The first-order valence-electron chi connectivity index (χ1n) is 3.41. The van der Waals surface area contributed by atoms with Gasteiger partial charge in [0.05, 0.1) is 0 Å². The normalized spacial score (nSPS) is 24.0. The second-order valence-corrected chi connectivity index (χ2v) is 6.60. The van der Waals surface area contributed by atoms with Crippen molar-refractivity contribution in [2.75, 3.05) is 11.5 Å². The molecule has 9 heavy (non-hydrogen) atoms. The van der Waals surface area contributed by atoms with Gasteiger partial charge >= 0.3 is 0 Å². The molecule has 0 unspecified atom stereocenters. The predicted molar refractivity (Wildman–Crippen MR) is 51.0 cm³/mol. The Hall–Kier alpha value is 1.05. The first kappa shape index (κ1) is 8.15. The lowest BCUT2D eigenvalue weighted by molar-refractivity contribution is 0.713. The number of hydrogen-bond acceptors (Lipinski definition) is 3. The van der Waals surface area contributed by atoms with Crippen molar-refractivity contribution in [1.29, 1.82) is 0 Å². The van der Waals surface area contributed by atoms with Crippen LogP contribution in [0.1, 0.15) is 25.7 Å². The fraction of sp³-hybridized carbons (Fsp3) is 1.00. The van der Waals surface area contributed by atoms with Crippen molar-refractivity contribution >= 4 is 31.4 Å². The molecule has 0 atom stereocenters. The fourth-order valence-corrected chi connectivity index (χ4v) is 4.78. The molecule has 1 fully saturated rings. The molecule has 0 N–H and O–H groups in total. The summed E-state index contributed by atoms with van der Waals surface area (Å²) < 4.78 is 0. The quantitative estimate of drug-likeness (QED) is 0.523. The van der Waals surface area contributed by atoms with Gasteiger partial charge in [-0.25, -0.2) is 0 Å². The summed E-state index contributed by atoms with van der Waals surface area (Å²) in [6.45, 7) is 0. The van der Waals surface area contributed by atoms with E-state index in [1.54, 1.807) is 0 Å². The van der Waals surface area contributed by atoms with Gasteiger partial charge in [-0.05, 0) is 22.7 Å². The van der Waals surface area contributed by atoms with Crippen LogP contribution in [0.15, 0.2) is 0 Å². The van der Waals surface area contributed by atoms with Crippen molar-refractivity contribution in [3.05, 3.63) is 0 Å². The number of hydrogen-bond donors (Lipinski definition) is 0. The Morgan fingerprint density at radius 1 is 0.667 bits per heavy atom. The zero-order valence-electron chi connectivity index (χ0n) is 5.47. The maximum atomic E-state index is 2.02. The van der Waals surface area contributed by atoms with Crippen LogP contribution in [-0.2, 0) is 0 Å². The van der Waals surface area contributed by atoms with Crippen LogP contribution < -0.4 is 0 Å². The molecule has 1 saturated heterocycles. The standard InChI is InChI=1S/C6H12S3/c1-2-4-6-8-9-7-5-3-1/h1-6H2. The highest BCUT2D eigenvalue weighted by atomic mass is 33.5. The fourth-order valence-electron chi connectivity index (χ4n) is 0.778. The van der Waals surface area contributed by atoms with Gasteiger partial charge in [-0.1, -0.05) is 34.4 Å². The lowest BCUT2D eigenvalue weighted by Gasteiger charge is -1.92. The van der Waals surface area contributed by atoms with E-state index in [9.17, 15) is 0 Å². The molecule has 0 nitrogen and oxygen atoms in total. The summed E-state index contributed by atoms with van der Waals surface area (Å²) in [5.74, 6) is 2.72. The number of rotatable bonds is 0. The van der Waals surface area contributed by atoms with Gasteiger partial charge in [0.15, 0.2) is 0 Å². The molecule has 0 spiro atoms. The van der Waals surface area contributed by atoms with Crippen LogP contribution in [0.4, 0.5) is 0 Å². The molecule has 0 aliphatic carbocycles. The highest BCUT2D eigenvalue weighted by molar-refractivity contribution is 9.09. The van der Waals surface area contributed by atoms with Crippen LogP contribution in [0.25, 0.3) is 0 Å². The minimum Gasteiger partial charge on any atom is -0.0826 e. The minimum atomic E-state index is 1.36. The van der Waals surface area contributed by atoms with E-state index in [4.69, 9.17) is 0 Å². The maximum Gasteiger partial charge on any atom is 0.00451 e. The third-order valence-corrected chi connectivity index (χ3v) is 5.71. The average molecular weight is 180 g/mol. The molecule has 1 aliphatic heterocycles. The smallest absolute Gasteiger partial charge is 0.00451 e. The molecule has 0 radical (unpaired) electrons. The molecule has 54 valence electrons. The van der Waals surface area contributed by atoms with E-state index in [-0.39, 0.29) is 0 Å². The molecule has 3 heteroatoms. The Bertz CT molecular complexity index is 36.8. The van der Waals surface area contributed by atoms with Gasteiger partial charge in [0.2, 0.25) is 0 Å². The van der Waals surface area contributed by atoms with Crippen LogP contribution in [0.5, 0.6) is 0 Å². The van der Waals surface area contributed by atoms with E-state index >= 15 is 0 Å². The van der Waals surface area contributed by atoms with Gasteiger partial charge in [-0.2, -0.15) is 0 Å². The van der Waals surface area contributed by atoms with E-state index in [1.165, 1.54) is 37.2 Å². The highest BCUT2D eigenvalue weighted by Gasteiger charge is 1.96. The van der Waals surface area contributed by atoms with Gasteiger partial charge in [0.25, 0.3) is 0 Å². The summed E-state index contributed by atoms with van der Waals surface area (Å²) in [6, 6.07) is 0. The summed E-state index contributed by atoms with van der Waals surface area (Å²) in [6.07, 6.45) is 5.76. The molecular weight excluding hydrogens is 168 g/mol. The molecular formula is C6H12S3. The third kappa shape index (κ3) is 4.45. The summed E-state index contributed by atoms with van der Waals surface area (Å²) in [5, 5.41) is 0. The van der Waals surface area contributed by atoms with Crippen LogP contribution >= 0.6 is 31.4 Å². The van der Waals surface area contributed by atoms with E-state index in [2.05, 4.69) is 0 Å². The first-order chi connectivity index (χ1) is 4.50. The summed E-state index contributed by atoms with van der Waals surface area (Å²) in [7, 11) is 6.02. The van der Waals surface area contributed by atoms with E-state index < -0.39 is 0 Å². The third-order valence-electron chi connectivity index (χ3n) is 1.30. The molecule has 0 aromatic heterocycles. The molecule has 0 bridgehead atoms. The van der Waals surface area contributed by atoms with E-state index in [0.717, 1.165) is 0 Å². The summed E-state index contributed by atoms with van der Waals surface area (Å²) in [5.41, 5.74) is 0. The largest absolute Gasteiger partial charge is 0.0826 e.